The average molecular weight is 240 g/mol. The van der Waals surface area contributed by atoms with Gasteiger partial charge in [0.25, 0.3) is 5.91 Å². The third-order valence-corrected chi connectivity index (χ3v) is 2.41. The van der Waals surface area contributed by atoms with Crippen LogP contribution in [0.3, 0.4) is 0 Å². The normalized spacial score (nSPS) is 12.1. The Morgan fingerprint density at radius 1 is 1.59 bits per heavy atom. The van der Waals surface area contributed by atoms with Crippen molar-refractivity contribution in [3.63, 3.8) is 0 Å². The molecule has 0 aliphatic heterocycles. The molecule has 1 atom stereocenters. The Morgan fingerprint density at radius 2 is 2.29 bits per heavy atom. The summed E-state index contributed by atoms with van der Waals surface area (Å²) in [7, 11) is 1.29. The van der Waals surface area contributed by atoms with Crippen LogP contribution in [0.15, 0.2) is 18.3 Å². The summed E-state index contributed by atoms with van der Waals surface area (Å²) in [4.78, 5) is 22.4. The average Bonchev–Trinajstić information content (AvgIpc) is 2.77. The van der Waals surface area contributed by atoms with E-state index in [1.807, 2.05) is 6.92 Å². The van der Waals surface area contributed by atoms with Crippen LogP contribution in [-0.2, 0) is 16.1 Å². The molecule has 0 bridgehead atoms. The molecule has 1 heterocycles. The molecule has 0 fully saturated rings. The number of aliphatic carboxylic acids is 1. The highest BCUT2D eigenvalue weighted by atomic mass is 16.5. The molecule has 0 radical (unpaired) electrons. The molecule has 2 N–H and O–H groups in total. The van der Waals surface area contributed by atoms with E-state index in [2.05, 4.69) is 5.32 Å². The van der Waals surface area contributed by atoms with Gasteiger partial charge in [-0.2, -0.15) is 0 Å². The summed E-state index contributed by atoms with van der Waals surface area (Å²) in [6.45, 7) is 2.55. The fourth-order valence-corrected chi connectivity index (χ4v) is 1.44. The highest BCUT2D eigenvalue weighted by Gasteiger charge is 2.18. The number of ether oxygens (including phenoxy) is 1. The Kier molecular flexibility index (Phi) is 4.71. The van der Waals surface area contributed by atoms with Crippen LogP contribution >= 0.6 is 0 Å². The van der Waals surface area contributed by atoms with E-state index in [1.54, 1.807) is 22.9 Å². The number of nitrogens with zero attached hydrogens (tertiary/aromatic N) is 1. The van der Waals surface area contributed by atoms with Crippen LogP contribution in [0.1, 0.15) is 17.4 Å². The van der Waals surface area contributed by atoms with Gasteiger partial charge < -0.3 is 19.7 Å². The summed E-state index contributed by atoms with van der Waals surface area (Å²) >= 11 is 0. The van der Waals surface area contributed by atoms with Gasteiger partial charge in [-0.1, -0.05) is 0 Å². The van der Waals surface area contributed by atoms with Gasteiger partial charge >= 0.3 is 5.97 Å². The van der Waals surface area contributed by atoms with Crippen molar-refractivity contribution < 1.29 is 19.4 Å². The molecule has 1 aromatic rings. The Bertz CT molecular complexity index is 400. The summed E-state index contributed by atoms with van der Waals surface area (Å²) in [5, 5.41) is 11.3. The Labute approximate surface area is 99.2 Å². The summed E-state index contributed by atoms with van der Waals surface area (Å²) in [6.07, 6.45) is 0.767. The molecule has 0 saturated heterocycles. The molecule has 0 saturated carbocycles. The van der Waals surface area contributed by atoms with Gasteiger partial charge in [0.1, 0.15) is 5.69 Å². The second-order valence-electron chi connectivity index (χ2n) is 3.45. The maximum absolute atomic E-state index is 11.7. The fourth-order valence-electron chi connectivity index (χ4n) is 1.44. The lowest BCUT2D eigenvalue weighted by Crippen LogP contribution is -2.38. The van der Waals surface area contributed by atoms with Gasteiger partial charge in [-0.15, -0.1) is 0 Å². The number of aryl methyl sites for hydroxylation is 1. The zero-order valence-corrected chi connectivity index (χ0v) is 9.84. The number of amides is 1. The minimum absolute atomic E-state index is 0.0560. The van der Waals surface area contributed by atoms with Gasteiger partial charge in [0.2, 0.25) is 0 Å². The van der Waals surface area contributed by atoms with Gasteiger partial charge in [-0.05, 0) is 19.1 Å². The van der Waals surface area contributed by atoms with Crippen molar-refractivity contribution in [1.82, 2.24) is 9.88 Å². The number of carboxylic acid groups (broad SMARTS) is 1. The first-order valence-electron chi connectivity index (χ1n) is 5.29. The van der Waals surface area contributed by atoms with E-state index in [9.17, 15) is 9.59 Å². The smallest absolute Gasteiger partial charge is 0.334 e. The molecule has 1 rings (SSSR count). The zero-order valence-electron chi connectivity index (χ0n) is 9.84. The molecule has 0 aliphatic carbocycles. The molecule has 0 spiro atoms. The molecule has 0 aliphatic rings. The molecule has 94 valence electrons. The monoisotopic (exact) mass is 240 g/mol. The standard InChI is InChI=1S/C11H16N2O4/c1-3-13-6-4-5-8(13)10(14)12-7-9(17-2)11(15)16/h4-6,9H,3,7H2,1-2H3,(H,12,14)(H,15,16). The fraction of sp³-hybridized carbons (Fsp3) is 0.455. The van der Waals surface area contributed by atoms with Crippen LogP contribution in [0.5, 0.6) is 0 Å². The number of aromatic nitrogens is 1. The first kappa shape index (κ1) is 13.2. The van der Waals surface area contributed by atoms with E-state index in [-0.39, 0.29) is 12.5 Å². The Balaban J connectivity index is 2.58. The Morgan fingerprint density at radius 3 is 2.82 bits per heavy atom. The van der Waals surface area contributed by atoms with Crippen molar-refractivity contribution in [3.8, 4) is 0 Å². The molecule has 0 aromatic carbocycles. The van der Waals surface area contributed by atoms with Crippen LogP contribution in [0.2, 0.25) is 0 Å². The molecule has 1 unspecified atom stereocenters. The van der Waals surface area contributed by atoms with E-state index in [0.29, 0.717) is 12.2 Å². The van der Waals surface area contributed by atoms with Crippen molar-refractivity contribution in [2.24, 2.45) is 0 Å². The number of carboxylic acids is 1. The van der Waals surface area contributed by atoms with Gasteiger partial charge in [0, 0.05) is 19.9 Å². The second kappa shape index (κ2) is 6.05. The minimum Gasteiger partial charge on any atom is -0.479 e. The number of nitrogens with one attached hydrogen (secondary N) is 1. The molecule has 1 aromatic heterocycles. The van der Waals surface area contributed by atoms with Gasteiger partial charge in [0.15, 0.2) is 6.10 Å². The summed E-state index contributed by atoms with van der Waals surface area (Å²) in [5.74, 6) is -1.40. The lowest BCUT2D eigenvalue weighted by atomic mass is 10.3. The van der Waals surface area contributed by atoms with Crippen LogP contribution in [0, 0.1) is 0 Å². The van der Waals surface area contributed by atoms with Gasteiger partial charge in [-0.25, -0.2) is 4.79 Å². The molecule has 17 heavy (non-hydrogen) atoms. The van der Waals surface area contributed by atoms with Crippen LogP contribution in [0.4, 0.5) is 0 Å². The number of hydrogen-bond acceptors (Lipinski definition) is 3. The van der Waals surface area contributed by atoms with Crippen LogP contribution in [0.25, 0.3) is 0 Å². The first-order valence-corrected chi connectivity index (χ1v) is 5.29. The second-order valence-corrected chi connectivity index (χ2v) is 3.45. The topological polar surface area (TPSA) is 80.6 Å². The molecule has 6 nitrogen and oxygen atoms in total. The third kappa shape index (κ3) is 3.32. The highest BCUT2D eigenvalue weighted by Crippen LogP contribution is 2.02. The van der Waals surface area contributed by atoms with Crippen molar-refractivity contribution in [1.29, 1.82) is 0 Å². The largest absolute Gasteiger partial charge is 0.479 e. The van der Waals surface area contributed by atoms with Crippen molar-refractivity contribution in [3.05, 3.63) is 24.0 Å². The molecular weight excluding hydrogens is 224 g/mol. The maximum Gasteiger partial charge on any atom is 0.334 e. The van der Waals surface area contributed by atoms with Gasteiger partial charge in [0.05, 0.1) is 6.54 Å². The maximum atomic E-state index is 11.7. The predicted octanol–water partition coefficient (Wildman–Crippen LogP) is 0.337. The molecule has 6 heteroatoms. The lowest BCUT2D eigenvalue weighted by Gasteiger charge is -2.12. The van der Waals surface area contributed by atoms with E-state index in [1.165, 1.54) is 7.11 Å². The SMILES string of the molecule is CCn1cccc1C(=O)NCC(OC)C(=O)O. The molecular formula is C11H16N2O4. The number of hydrogen-bond donors (Lipinski definition) is 2. The number of carbonyl (C=O) groups excluding carboxylic acids is 1. The molecule has 1 amide bonds. The van der Waals surface area contributed by atoms with Crippen molar-refractivity contribution in [2.75, 3.05) is 13.7 Å². The summed E-state index contributed by atoms with van der Waals surface area (Å²) < 4.78 is 6.49. The highest BCUT2D eigenvalue weighted by molar-refractivity contribution is 5.93. The first-order chi connectivity index (χ1) is 8.10. The summed E-state index contributed by atoms with van der Waals surface area (Å²) in [6, 6.07) is 3.45. The van der Waals surface area contributed by atoms with E-state index < -0.39 is 12.1 Å². The predicted molar refractivity (Wildman–Crippen MR) is 60.9 cm³/mol. The number of rotatable bonds is 6. The number of carbonyl (C=O) groups is 2. The quantitative estimate of drug-likeness (QED) is 0.751. The summed E-state index contributed by atoms with van der Waals surface area (Å²) in [5.41, 5.74) is 0.507. The van der Waals surface area contributed by atoms with Crippen molar-refractivity contribution in [2.45, 2.75) is 19.6 Å². The lowest BCUT2D eigenvalue weighted by molar-refractivity contribution is -0.148. The minimum atomic E-state index is -1.10. The number of methoxy groups -OCH3 is 1. The third-order valence-electron chi connectivity index (χ3n) is 2.41. The Hall–Kier alpha value is -1.82. The van der Waals surface area contributed by atoms with E-state index in [4.69, 9.17) is 9.84 Å². The zero-order chi connectivity index (χ0) is 12.8. The van der Waals surface area contributed by atoms with E-state index >= 15 is 0 Å². The van der Waals surface area contributed by atoms with Crippen molar-refractivity contribution >= 4 is 11.9 Å². The van der Waals surface area contributed by atoms with Gasteiger partial charge in [-0.3, -0.25) is 4.79 Å². The van der Waals surface area contributed by atoms with Crippen LogP contribution in [-0.4, -0.2) is 41.3 Å². The van der Waals surface area contributed by atoms with E-state index in [0.717, 1.165) is 0 Å². The van der Waals surface area contributed by atoms with Crippen LogP contribution < -0.4 is 5.32 Å².